The van der Waals surface area contributed by atoms with Crippen molar-refractivity contribution in [3.8, 4) is 11.5 Å². The number of thiophene rings is 1. The Balaban J connectivity index is 1.89. The van der Waals surface area contributed by atoms with Gasteiger partial charge >= 0.3 is 0 Å². The fraction of sp³-hybridized carbons (Fsp3) is 0.500. The van der Waals surface area contributed by atoms with Gasteiger partial charge in [0.05, 0.1) is 26.0 Å². The Hall–Kier alpha value is -1.61. The van der Waals surface area contributed by atoms with E-state index in [2.05, 4.69) is 34.5 Å². The minimum absolute atomic E-state index is 0.102. The van der Waals surface area contributed by atoms with Crippen LogP contribution in [0.2, 0.25) is 0 Å². The largest absolute Gasteiger partial charge is 0.493 e. The van der Waals surface area contributed by atoms with Crippen molar-refractivity contribution in [2.45, 2.75) is 18.9 Å². The Labute approximate surface area is 171 Å². The first-order chi connectivity index (χ1) is 13.4. The molecule has 6 nitrogen and oxygen atoms in total. The fourth-order valence-electron chi connectivity index (χ4n) is 3.65. The first kappa shape index (κ1) is 21.1. The average molecular weight is 425 g/mol. The van der Waals surface area contributed by atoms with Crippen LogP contribution in [0.3, 0.4) is 0 Å². The lowest BCUT2D eigenvalue weighted by Gasteiger charge is -2.37. The summed E-state index contributed by atoms with van der Waals surface area (Å²) in [6.07, 6.45) is 1.50. The van der Waals surface area contributed by atoms with Crippen molar-refractivity contribution in [2.24, 2.45) is 0 Å². The number of rotatable bonds is 8. The van der Waals surface area contributed by atoms with Gasteiger partial charge in [-0.25, -0.2) is 12.7 Å². The Morgan fingerprint density at radius 1 is 1.21 bits per heavy atom. The predicted molar refractivity (Wildman–Crippen MR) is 113 cm³/mol. The van der Waals surface area contributed by atoms with E-state index in [-0.39, 0.29) is 11.8 Å². The maximum Gasteiger partial charge on any atom is 0.213 e. The van der Waals surface area contributed by atoms with Gasteiger partial charge in [0.2, 0.25) is 10.0 Å². The molecular weight excluding hydrogens is 396 g/mol. The summed E-state index contributed by atoms with van der Waals surface area (Å²) in [5.41, 5.74) is 2.47. The molecule has 0 radical (unpaired) electrons. The average Bonchev–Trinajstić information content (AvgIpc) is 3.20. The molecule has 1 aliphatic rings. The van der Waals surface area contributed by atoms with Gasteiger partial charge in [-0.2, -0.15) is 0 Å². The van der Waals surface area contributed by atoms with Crippen molar-refractivity contribution in [1.82, 2.24) is 9.21 Å². The molecule has 154 valence electrons. The summed E-state index contributed by atoms with van der Waals surface area (Å²) in [4.78, 5) is 3.63. The molecule has 1 aromatic heterocycles. The lowest BCUT2D eigenvalue weighted by Crippen LogP contribution is -2.37. The summed E-state index contributed by atoms with van der Waals surface area (Å²) >= 11 is 1.72. The molecule has 0 aliphatic carbocycles. The smallest absolute Gasteiger partial charge is 0.213 e. The van der Waals surface area contributed by atoms with E-state index < -0.39 is 10.0 Å². The zero-order valence-corrected chi connectivity index (χ0v) is 18.5. The standard InChI is InChI=1S/C20H28N2O4S2/c1-21(2)28(23,24)12-6-9-22-10-8-15-13-17(25-3)18(26-4)14-16(15)20(22)19-7-5-11-27-19/h5,7,11,13-14,20H,6,8-10,12H2,1-4H3. The number of sulfonamides is 1. The summed E-state index contributed by atoms with van der Waals surface area (Å²) in [7, 11) is 3.29. The molecule has 28 heavy (non-hydrogen) atoms. The van der Waals surface area contributed by atoms with Crippen molar-refractivity contribution < 1.29 is 17.9 Å². The van der Waals surface area contributed by atoms with Gasteiger partial charge in [0.1, 0.15) is 0 Å². The van der Waals surface area contributed by atoms with Crippen LogP contribution >= 0.6 is 11.3 Å². The van der Waals surface area contributed by atoms with E-state index in [1.54, 1.807) is 39.7 Å². The van der Waals surface area contributed by atoms with Crippen LogP contribution in [0.1, 0.15) is 28.5 Å². The molecule has 0 amide bonds. The molecule has 1 aliphatic heterocycles. The molecule has 1 aromatic carbocycles. The molecule has 8 heteroatoms. The topological polar surface area (TPSA) is 59.1 Å². The second kappa shape index (κ2) is 8.82. The van der Waals surface area contributed by atoms with Crippen LogP contribution in [0.5, 0.6) is 11.5 Å². The second-order valence-corrected chi connectivity index (χ2v) is 10.3. The van der Waals surface area contributed by atoms with E-state index in [9.17, 15) is 8.42 Å². The monoisotopic (exact) mass is 424 g/mol. The summed E-state index contributed by atoms with van der Waals surface area (Å²) in [6.45, 7) is 1.61. The van der Waals surface area contributed by atoms with Crippen molar-refractivity contribution in [1.29, 1.82) is 0 Å². The van der Waals surface area contributed by atoms with E-state index in [0.29, 0.717) is 6.42 Å². The van der Waals surface area contributed by atoms with Crippen LogP contribution in [0.25, 0.3) is 0 Å². The molecule has 0 saturated heterocycles. The van der Waals surface area contributed by atoms with Gasteiger partial charge in [-0.3, -0.25) is 4.90 Å². The highest BCUT2D eigenvalue weighted by atomic mass is 32.2. The number of nitrogens with zero attached hydrogens (tertiary/aromatic N) is 2. The molecule has 0 fully saturated rings. The van der Waals surface area contributed by atoms with Crippen LogP contribution in [0, 0.1) is 0 Å². The minimum atomic E-state index is -3.18. The highest BCUT2D eigenvalue weighted by Gasteiger charge is 2.31. The molecule has 1 unspecified atom stereocenters. The van der Waals surface area contributed by atoms with Crippen molar-refractivity contribution in [3.05, 3.63) is 45.6 Å². The number of hydrogen-bond donors (Lipinski definition) is 0. The zero-order chi connectivity index (χ0) is 20.3. The Morgan fingerprint density at radius 3 is 2.54 bits per heavy atom. The first-order valence-corrected chi connectivity index (χ1v) is 11.8. The normalized spacial score (nSPS) is 17.5. The highest BCUT2D eigenvalue weighted by molar-refractivity contribution is 7.89. The molecule has 0 spiro atoms. The Morgan fingerprint density at radius 2 is 1.93 bits per heavy atom. The van der Waals surface area contributed by atoms with Gasteiger partial charge in [0.15, 0.2) is 11.5 Å². The Kier molecular flexibility index (Phi) is 6.65. The van der Waals surface area contributed by atoms with E-state index >= 15 is 0 Å². The third-order valence-corrected chi connectivity index (χ3v) is 8.03. The number of benzene rings is 1. The maximum absolute atomic E-state index is 12.1. The number of methoxy groups -OCH3 is 2. The predicted octanol–water partition coefficient (Wildman–Crippen LogP) is 2.99. The van der Waals surface area contributed by atoms with Crippen molar-refractivity contribution in [2.75, 3.05) is 47.2 Å². The number of ether oxygens (including phenoxy) is 2. The van der Waals surface area contributed by atoms with Gasteiger partial charge in [-0.05, 0) is 47.5 Å². The van der Waals surface area contributed by atoms with Crippen LogP contribution in [0.4, 0.5) is 0 Å². The molecule has 2 heterocycles. The first-order valence-electron chi connectivity index (χ1n) is 9.30. The third kappa shape index (κ3) is 4.35. The van der Waals surface area contributed by atoms with Crippen molar-refractivity contribution in [3.63, 3.8) is 0 Å². The lowest BCUT2D eigenvalue weighted by atomic mass is 9.90. The van der Waals surface area contributed by atoms with E-state index in [1.165, 1.54) is 20.3 Å². The van der Waals surface area contributed by atoms with Crippen LogP contribution < -0.4 is 9.47 Å². The second-order valence-electron chi connectivity index (χ2n) is 7.06. The molecule has 0 saturated carbocycles. The SMILES string of the molecule is COc1cc2c(cc1OC)C(c1cccs1)N(CCCS(=O)(=O)N(C)C)CC2. The van der Waals surface area contributed by atoms with Crippen LogP contribution in [-0.4, -0.2) is 64.8 Å². The number of fused-ring (bicyclic) bond motifs is 1. The minimum Gasteiger partial charge on any atom is -0.493 e. The van der Waals surface area contributed by atoms with Crippen LogP contribution in [-0.2, 0) is 16.4 Å². The van der Waals surface area contributed by atoms with Gasteiger partial charge in [-0.15, -0.1) is 11.3 Å². The summed E-state index contributed by atoms with van der Waals surface area (Å²) in [5.74, 6) is 1.63. The fourth-order valence-corrected chi connectivity index (χ4v) is 5.39. The molecule has 1 atom stereocenters. The molecular formula is C20H28N2O4S2. The maximum atomic E-state index is 12.1. The third-order valence-electron chi connectivity index (χ3n) is 5.19. The summed E-state index contributed by atoms with van der Waals surface area (Å²) in [6, 6.07) is 8.45. The van der Waals surface area contributed by atoms with E-state index in [0.717, 1.165) is 31.0 Å². The van der Waals surface area contributed by atoms with Gasteiger partial charge in [-0.1, -0.05) is 6.07 Å². The molecule has 0 N–H and O–H groups in total. The molecule has 3 rings (SSSR count). The summed E-state index contributed by atoms with van der Waals surface area (Å²) < 4.78 is 36.5. The van der Waals surface area contributed by atoms with E-state index in [1.807, 2.05) is 0 Å². The van der Waals surface area contributed by atoms with E-state index in [4.69, 9.17) is 9.47 Å². The van der Waals surface area contributed by atoms with Crippen molar-refractivity contribution >= 4 is 21.4 Å². The van der Waals surface area contributed by atoms with Gasteiger partial charge in [0.25, 0.3) is 0 Å². The summed E-state index contributed by atoms with van der Waals surface area (Å²) in [5, 5.41) is 2.08. The van der Waals surface area contributed by atoms with Gasteiger partial charge < -0.3 is 9.47 Å². The zero-order valence-electron chi connectivity index (χ0n) is 16.8. The van der Waals surface area contributed by atoms with Gasteiger partial charge in [0, 0.05) is 32.1 Å². The quantitative estimate of drug-likeness (QED) is 0.652. The lowest BCUT2D eigenvalue weighted by molar-refractivity contribution is 0.215. The Bertz CT molecular complexity index is 895. The number of hydrogen-bond acceptors (Lipinski definition) is 6. The molecule has 0 bridgehead atoms. The van der Waals surface area contributed by atoms with Crippen LogP contribution in [0.15, 0.2) is 29.6 Å². The highest BCUT2D eigenvalue weighted by Crippen LogP contribution is 2.42. The molecule has 2 aromatic rings.